The molecule has 0 bridgehead atoms. The van der Waals surface area contributed by atoms with Crippen LogP contribution in [0.15, 0.2) is 27.6 Å². The smallest absolute Gasteiger partial charge is 0.245 e. The molecule has 1 atom stereocenters. The van der Waals surface area contributed by atoms with E-state index in [0.717, 1.165) is 0 Å². The molecule has 2 rings (SSSR count). The minimum Gasteiger partial charge on any atom is -0.399 e. The van der Waals surface area contributed by atoms with Crippen LogP contribution in [0.1, 0.15) is 12.8 Å². The average molecular weight is 376 g/mol. The van der Waals surface area contributed by atoms with Gasteiger partial charge in [-0.25, -0.2) is 8.42 Å². The first-order chi connectivity index (χ1) is 9.75. The summed E-state index contributed by atoms with van der Waals surface area (Å²) >= 11 is 3.24. The quantitative estimate of drug-likeness (QED) is 0.806. The standard InChI is InChI=1S/C13H18BrN3O3S/c1-16(2)13(18)11-4-3-7-17(11)21(19,20)12-8-9(15)5-6-10(12)14/h5-6,8,11H,3-4,7,15H2,1-2H3. The average Bonchev–Trinajstić information content (AvgIpc) is 2.90. The number of nitrogens with two attached hydrogens (primary N) is 1. The van der Waals surface area contributed by atoms with Gasteiger partial charge >= 0.3 is 0 Å². The van der Waals surface area contributed by atoms with Crippen molar-refractivity contribution in [3.63, 3.8) is 0 Å². The van der Waals surface area contributed by atoms with Crippen molar-refractivity contribution in [2.45, 2.75) is 23.8 Å². The van der Waals surface area contributed by atoms with Crippen LogP contribution in [0.25, 0.3) is 0 Å². The molecule has 1 aliphatic rings. The van der Waals surface area contributed by atoms with Crippen molar-refractivity contribution < 1.29 is 13.2 Å². The molecule has 1 aliphatic heterocycles. The van der Waals surface area contributed by atoms with Gasteiger partial charge in [-0.3, -0.25) is 4.79 Å². The molecule has 116 valence electrons. The third kappa shape index (κ3) is 3.07. The van der Waals surface area contributed by atoms with Gasteiger partial charge in [-0.1, -0.05) is 0 Å². The Hall–Kier alpha value is -1.12. The highest BCUT2D eigenvalue weighted by atomic mass is 79.9. The van der Waals surface area contributed by atoms with E-state index in [1.807, 2.05) is 0 Å². The van der Waals surface area contributed by atoms with E-state index in [1.54, 1.807) is 26.2 Å². The largest absolute Gasteiger partial charge is 0.399 e. The lowest BCUT2D eigenvalue weighted by Crippen LogP contribution is -2.45. The summed E-state index contributed by atoms with van der Waals surface area (Å²) in [7, 11) is -0.507. The fourth-order valence-electron chi connectivity index (χ4n) is 2.42. The summed E-state index contributed by atoms with van der Waals surface area (Å²) in [5.41, 5.74) is 6.05. The van der Waals surface area contributed by atoms with Crippen molar-refractivity contribution in [1.82, 2.24) is 9.21 Å². The van der Waals surface area contributed by atoms with E-state index in [9.17, 15) is 13.2 Å². The van der Waals surface area contributed by atoms with Crippen LogP contribution in [0.5, 0.6) is 0 Å². The molecular weight excluding hydrogens is 358 g/mol. The molecule has 0 radical (unpaired) electrons. The first kappa shape index (κ1) is 16.3. The van der Waals surface area contributed by atoms with Crippen molar-refractivity contribution in [1.29, 1.82) is 0 Å². The lowest BCUT2D eigenvalue weighted by Gasteiger charge is -2.26. The van der Waals surface area contributed by atoms with Gasteiger partial charge in [-0.05, 0) is 47.0 Å². The van der Waals surface area contributed by atoms with Crippen LogP contribution in [-0.4, -0.2) is 50.2 Å². The van der Waals surface area contributed by atoms with E-state index in [2.05, 4.69) is 15.9 Å². The summed E-state index contributed by atoms with van der Waals surface area (Å²) in [5.74, 6) is -0.198. The van der Waals surface area contributed by atoms with Crippen molar-refractivity contribution in [2.24, 2.45) is 0 Å². The normalized spacial score (nSPS) is 19.7. The Balaban J connectivity index is 2.43. The minimum absolute atomic E-state index is 0.0981. The van der Waals surface area contributed by atoms with E-state index in [-0.39, 0.29) is 10.8 Å². The Kier molecular flexibility index (Phi) is 4.60. The zero-order valence-corrected chi connectivity index (χ0v) is 14.3. The molecule has 0 aromatic heterocycles. The van der Waals surface area contributed by atoms with Gasteiger partial charge in [0.1, 0.15) is 6.04 Å². The van der Waals surface area contributed by atoms with Gasteiger partial charge in [0.15, 0.2) is 0 Å². The third-order valence-electron chi connectivity index (χ3n) is 3.47. The van der Waals surface area contributed by atoms with E-state index in [1.165, 1.54) is 15.3 Å². The van der Waals surface area contributed by atoms with Crippen LogP contribution in [0.2, 0.25) is 0 Å². The van der Waals surface area contributed by atoms with E-state index < -0.39 is 16.1 Å². The summed E-state index contributed by atoms with van der Waals surface area (Å²) in [5, 5.41) is 0. The van der Waals surface area contributed by atoms with Crippen LogP contribution in [0.4, 0.5) is 5.69 Å². The number of anilines is 1. The number of hydrogen-bond acceptors (Lipinski definition) is 4. The van der Waals surface area contributed by atoms with Crippen LogP contribution >= 0.6 is 15.9 Å². The van der Waals surface area contributed by atoms with Gasteiger partial charge in [-0.15, -0.1) is 0 Å². The van der Waals surface area contributed by atoms with Crippen LogP contribution in [0.3, 0.4) is 0 Å². The molecule has 2 N–H and O–H groups in total. The van der Waals surface area contributed by atoms with Crippen LogP contribution in [0, 0.1) is 0 Å². The topological polar surface area (TPSA) is 83.7 Å². The maximum Gasteiger partial charge on any atom is 0.245 e. The predicted octanol–water partition coefficient (Wildman–Crippen LogP) is 1.27. The zero-order valence-electron chi connectivity index (χ0n) is 11.9. The van der Waals surface area contributed by atoms with Gasteiger partial charge in [-0.2, -0.15) is 4.31 Å². The second-order valence-corrected chi connectivity index (χ2v) is 7.91. The number of carbonyl (C=O) groups excluding carboxylic acids is 1. The maximum absolute atomic E-state index is 12.8. The molecule has 1 amide bonds. The Morgan fingerprint density at radius 2 is 2.10 bits per heavy atom. The fraction of sp³-hybridized carbons (Fsp3) is 0.462. The summed E-state index contributed by atoms with van der Waals surface area (Å²) < 4.78 is 27.3. The highest BCUT2D eigenvalue weighted by Gasteiger charge is 2.40. The number of carbonyl (C=O) groups is 1. The Morgan fingerprint density at radius 1 is 1.43 bits per heavy atom. The molecular formula is C13H18BrN3O3S. The summed E-state index contributed by atoms with van der Waals surface area (Å²) in [6.45, 7) is 0.341. The van der Waals surface area contributed by atoms with Gasteiger partial charge in [0, 0.05) is 30.8 Å². The van der Waals surface area contributed by atoms with Crippen molar-refractivity contribution in [3.8, 4) is 0 Å². The molecule has 21 heavy (non-hydrogen) atoms. The van der Waals surface area contributed by atoms with E-state index in [4.69, 9.17) is 5.73 Å². The Labute approximate surface area is 133 Å². The number of likely N-dealkylation sites (N-methyl/N-ethyl adjacent to an activating group) is 1. The summed E-state index contributed by atoms with van der Waals surface area (Å²) in [6, 6.07) is 3.99. The second kappa shape index (κ2) is 5.94. The minimum atomic E-state index is -3.76. The summed E-state index contributed by atoms with van der Waals surface area (Å²) in [6.07, 6.45) is 1.21. The van der Waals surface area contributed by atoms with Crippen molar-refractivity contribution in [3.05, 3.63) is 22.7 Å². The second-order valence-electron chi connectivity index (χ2n) is 5.20. The molecule has 0 spiro atoms. The number of rotatable bonds is 3. The summed E-state index contributed by atoms with van der Waals surface area (Å²) in [4.78, 5) is 13.7. The molecule has 1 saturated heterocycles. The molecule has 1 fully saturated rings. The highest BCUT2D eigenvalue weighted by molar-refractivity contribution is 9.10. The molecule has 0 saturated carbocycles. The van der Waals surface area contributed by atoms with Crippen LogP contribution < -0.4 is 5.73 Å². The van der Waals surface area contributed by atoms with Crippen molar-refractivity contribution in [2.75, 3.05) is 26.4 Å². The van der Waals surface area contributed by atoms with Gasteiger partial charge in [0.05, 0.1) is 4.90 Å². The van der Waals surface area contributed by atoms with Gasteiger partial charge < -0.3 is 10.6 Å². The number of hydrogen-bond donors (Lipinski definition) is 1. The van der Waals surface area contributed by atoms with Crippen LogP contribution in [-0.2, 0) is 14.8 Å². The monoisotopic (exact) mass is 375 g/mol. The first-order valence-corrected chi connectivity index (χ1v) is 8.76. The molecule has 6 nitrogen and oxygen atoms in total. The van der Waals surface area contributed by atoms with Crippen molar-refractivity contribution >= 4 is 37.5 Å². The van der Waals surface area contributed by atoms with Gasteiger partial charge in [0.2, 0.25) is 15.9 Å². The highest BCUT2D eigenvalue weighted by Crippen LogP contribution is 2.32. The Morgan fingerprint density at radius 3 is 2.71 bits per heavy atom. The lowest BCUT2D eigenvalue weighted by molar-refractivity contribution is -0.132. The third-order valence-corrected chi connectivity index (χ3v) is 6.37. The number of benzene rings is 1. The molecule has 1 heterocycles. The van der Waals surface area contributed by atoms with E-state index >= 15 is 0 Å². The predicted molar refractivity (Wildman–Crippen MR) is 84.2 cm³/mol. The molecule has 0 aliphatic carbocycles. The molecule has 1 aromatic carbocycles. The number of sulfonamides is 1. The SMILES string of the molecule is CN(C)C(=O)C1CCCN1S(=O)(=O)c1cc(N)ccc1Br. The zero-order chi connectivity index (χ0) is 15.8. The molecule has 1 unspecified atom stereocenters. The maximum atomic E-state index is 12.8. The number of nitrogens with zero attached hydrogens (tertiary/aromatic N) is 2. The molecule has 1 aromatic rings. The number of halogens is 1. The fourth-order valence-corrected chi connectivity index (χ4v) is 5.03. The lowest BCUT2D eigenvalue weighted by atomic mass is 10.2. The van der Waals surface area contributed by atoms with E-state index in [0.29, 0.717) is 29.5 Å². The molecule has 8 heteroatoms. The Bertz CT molecular complexity index is 661. The number of amides is 1. The number of nitrogen functional groups attached to an aromatic ring is 1. The first-order valence-electron chi connectivity index (χ1n) is 6.53. The van der Waals surface area contributed by atoms with Gasteiger partial charge in [0.25, 0.3) is 0 Å².